The van der Waals surface area contributed by atoms with E-state index in [2.05, 4.69) is 39.2 Å². The number of aromatic amines is 1. The van der Waals surface area contributed by atoms with E-state index in [4.69, 9.17) is 5.73 Å². The van der Waals surface area contributed by atoms with Gasteiger partial charge in [0.05, 0.1) is 17.6 Å². The fourth-order valence-corrected chi connectivity index (χ4v) is 2.60. The van der Waals surface area contributed by atoms with Crippen LogP contribution in [0.2, 0.25) is 0 Å². The molecule has 2 heterocycles. The third kappa shape index (κ3) is 2.67. The molecule has 0 unspecified atom stereocenters. The van der Waals surface area contributed by atoms with Crippen molar-refractivity contribution in [2.24, 2.45) is 0 Å². The molecule has 0 aliphatic rings. The minimum Gasteiger partial charge on any atom is -0.383 e. The Balaban J connectivity index is 2.27. The van der Waals surface area contributed by atoms with Crippen molar-refractivity contribution in [3.05, 3.63) is 53.0 Å². The average Bonchev–Trinajstić information content (AvgIpc) is 2.95. The second-order valence-corrected chi connectivity index (χ2v) is 5.63. The van der Waals surface area contributed by atoms with Crippen LogP contribution in [0.15, 0.2) is 30.5 Å². The van der Waals surface area contributed by atoms with Gasteiger partial charge < -0.3 is 10.7 Å². The number of anilines is 1. The SMILES string of the molecule is Cc1ccc(C)c(-c2cc(-c3cnc(C)[nH]3)c(C#N)c(N)n2)c1. The zero-order valence-electron chi connectivity index (χ0n) is 13.3. The molecule has 5 heteroatoms. The molecule has 0 bridgehead atoms. The van der Waals surface area contributed by atoms with E-state index in [1.54, 1.807) is 6.20 Å². The molecule has 114 valence electrons. The smallest absolute Gasteiger partial charge is 0.142 e. The topological polar surface area (TPSA) is 91.4 Å². The molecule has 0 amide bonds. The van der Waals surface area contributed by atoms with Gasteiger partial charge in [0.1, 0.15) is 23.3 Å². The summed E-state index contributed by atoms with van der Waals surface area (Å²) in [6.07, 6.45) is 1.71. The van der Waals surface area contributed by atoms with Crippen LogP contribution in [0.25, 0.3) is 22.5 Å². The maximum absolute atomic E-state index is 9.42. The van der Waals surface area contributed by atoms with Gasteiger partial charge in [0.25, 0.3) is 0 Å². The van der Waals surface area contributed by atoms with Gasteiger partial charge in [0, 0.05) is 11.1 Å². The lowest BCUT2D eigenvalue weighted by atomic mass is 9.98. The number of nitrogens with two attached hydrogens (primary N) is 1. The van der Waals surface area contributed by atoms with Crippen LogP contribution in [-0.4, -0.2) is 15.0 Å². The zero-order valence-corrected chi connectivity index (χ0v) is 13.3. The summed E-state index contributed by atoms with van der Waals surface area (Å²) in [7, 11) is 0. The second-order valence-electron chi connectivity index (χ2n) is 5.63. The molecule has 3 rings (SSSR count). The van der Waals surface area contributed by atoms with E-state index in [1.165, 1.54) is 0 Å². The molecule has 1 aromatic carbocycles. The van der Waals surface area contributed by atoms with Crippen molar-refractivity contribution < 1.29 is 0 Å². The normalized spacial score (nSPS) is 10.5. The number of pyridine rings is 1. The number of aryl methyl sites for hydroxylation is 3. The van der Waals surface area contributed by atoms with Crippen LogP contribution >= 0.6 is 0 Å². The average molecular weight is 303 g/mol. The van der Waals surface area contributed by atoms with E-state index >= 15 is 0 Å². The van der Waals surface area contributed by atoms with Crippen molar-refractivity contribution >= 4 is 5.82 Å². The molecule has 0 fully saturated rings. The number of benzene rings is 1. The van der Waals surface area contributed by atoms with Crippen LogP contribution in [0, 0.1) is 32.1 Å². The monoisotopic (exact) mass is 303 g/mol. The van der Waals surface area contributed by atoms with Crippen molar-refractivity contribution in [3.8, 4) is 28.6 Å². The van der Waals surface area contributed by atoms with Crippen LogP contribution in [0.3, 0.4) is 0 Å². The number of nitriles is 1. The number of imidazole rings is 1. The fourth-order valence-electron chi connectivity index (χ4n) is 2.60. The number of hydrogen-bond acceptors (Lipinski definition) is 4. The Labute approximate surface area is 134 Å². The Kier molecular flexibility index (Phi) is 3.59. The lowest BCUT2D eigenvalue weighted by Gasteiger charge is -2.11. The van der Waals surface area contributed by atoms with Gasteiger partial charge in [-0.3, -0.25) is 0 Å². The van der Waals surface area contributed by atoms with E-state index in [0.29, 0.717) is 5.56 Å². The van der Waals surface area contributed by atoms with Crippen LogP contribution in [0.5, 0.6) is 0 Å². The van der Waals surface area contributed by atoms with Crippen molar-refractivity contribution in [1.82, 2.24) is 15.0 Å². The predicted molar refractivity (Wildman–Crippen MR) is 90.6 cm³/mol. The van der Waals surface area contributed by atoms with Crippen molar-refractivity contribution in [2.45, 2.75) is 20.8 Å². The molecule has 0 atom stereocenters. The third-order valence-corrected chi connectivity index (χ3v) is 3.82. The maximum atomic E-state index is 9.42. The fraction of sp³-hybridized carbons (Fsp3) is 0.167. The molecule has 3 N–H and O–H groups in total. The molecule has 0 saturated carbocycles. The molecule has 0 saturated heterocycles. The molecule has 2 aromatic heterocycles. The number of aromatic nitrogens is 3. The van der Waals surface area contributed by atoms with Gasteiger partial charge in [0.2, 0.25) is 0 Å². The van der Waals surface area contributed by atoms with Gasteiger partial charge in [-0.2, -0.15) is 5.26 Å². The van der Waals surface area contributed by atoms with E-state index in [-0.39, 0.29) is 5.82 Å². The standard InChI is InChI=1S/C18H17N5/c1-10-4-5-11(2)13(6-10)16-7-14(15(8-19)18(20)23-16)17-9-21-12(3)22-17/h4-7,9H,1-3H3,(H2,20,23)(H,21,22). The Bertz CT molecular complexity index is 931. The number of nitrogen functional groups attached to an aromatic ring is 1. The van der Waals surface area contributed by atoms with Gasteiger partial charge in [-0.1, -0.05) is 17.7 Å². The van der Waals surface area contributed by atoms with Crippen LogP contribution in [-0.2, 0) is 0 Å². The van der Waals surface area contributed by atoms with Gasteiger partial charge >= 0.3 is 0 Å². The zero-order chi connectivity index (χ0) is 16.6. The minimum absolute atomic E-state index is 0.230. The predicted octanol–water partition coefficient (Wildman–Crippen LogP) is 3.52. The van der Waals surface area contributed by atoms with Gasteiger partial charge in [-0.15, -0.1) is 0 Å². The van der Waals surface area contributed by atoms with E-state index < -0.39 is 0 Å². The van der Waals surface area contributed by atoms with E-state index in [1.807, 2.05) is 26.8 Å². The number of rotatable bonds is 2. The molecular weight excluding hydrogens is 286 g/mol. The second kappa shape index (κ2) is 5.58. The van der Waals surface area contributed by atoms with Gasteiger partial charge in [0.15, 0.2) is 0 Å². The first-order valence-electron chi connectivity index (χ1n) is 7.30. The summed E-state index contributed by atoms with van der Waals surface area (Å²) in [5.74, 6) is 1.01. The Hall–Kier alpha value is -3.13. The Morgan fingerprint density at radius 2 is 1.91 bits per heavy atom. The number of H-pyrrole nitrogens is 1. The highest BCUT2D eigenvalue weighted by Gasteiger charge is 2.15. The molecule has 23 heavy (non-hydrogen) atoms. The van der Waals surface area contributed by atoms with Crippen molar-refractivity contribution in [3.63, 3.8) is 0 Å². The summed E-state index contributed by atoms with van der Waals surface area (Å²) in [6, 6.07) is 10.2. The maximum Gasteiger partial charge on any atom is 0.142 e. The van der Waals surface area contributed by atoms with Crippen molar-refractivity contribution in [1.29, 1.82) is 5.26 Å². The largest absolute Gasteiger partial charge is 0.383 e. The molecule has 0 radical (unpaired) electrons. The first-order chi connectivity index (χ1) is 11.0. The van der Waals surface area contributed by atoms with Crippen LogP contribution in [0.1, 0.15) is 22.5 Å². The Morgan fingerprint density at radius 1 is 1.13 bits per heavy atom. The highest BCUT2D eigenvalue weighted by molar-refractivity contribution is 5.79. The molecule has 3 aromatic rings. The molecular formula is C18H17N5. The number of nitrogens with one attached hydrogen (secondary N) is 1. The summed E-state index contributed by atoms with van der Waals surface area (Å²) in [6.45, 7) is 5.94. The third-order valence-electron chi connectivity index (χ3n) is 3.82. The highest BCUT2D eigenvalue weighted by atomic mass is 14.9. The lowest BCUT2D eigenvalue weighted by Crippen LogP contribution is -2.00. The molecule has 5 nitrogen and oxygen atoms in total. The summed E-state index contributed by atoms with van der Waals surface area (Å²) in [5, 5.41) is 9.42. The van der Waals surface area contributed by atoms with E-state index in [9.17, 15) is 5.26 Å². The summed E-state index contributed by atoms with van der Waals surface area (Å²) in [5.41, 5.74) is 11.9. The first-order valence-corrected chi connectivity index (χ1v) is 7.30. The van der Waals surface area contributed by atoms with Gasteiger partial charge in [-0.05, 0) is 38.5 Å². The van der Waals surface area contributed by atoms with Crippen molar-refractivity contribution in [2.75, 3.05) is 5.73 Å². The number of hydrogen-bond donors (Lipinski definition) is 2. The van der Waals surface area contributed by atoms with Crippen LogP contribution < -0.4 is 5.73 Å². The molecule has 0 spiro atoms. The number of nitrogens with zero attached hydrogens (tertiary/aromatic N) is 3. The molecule has 0 aliphatic carbocycles. The van der Waals surface area contributed by atoms with E-state index in [0.717, 1.165) is 39.5 Å². The minimum atomic E-state index is 0.230. The Morgan fingerprint density at radius 3 is 2.57 bits per heavy atom. The first kappa shape index (κ1) is 14.8. The summed E-state index contributed by atoms with van der Waals surface area (Å²) < 4.78 is 0. The van der Waals surface area contributed by atoms with Gasteiger partial charge in [-0.25, -0.2) is 9.97 Å². The molecule has 0 aliphatic heterocycles. The summed E-state index contributed by atoms with van der Waals surface area (Å²) >= 11 is 0. The summed E-state index contributed by atoms with van der Waals surface area (Å²) in [4.78, 5) is 11.8. The van der Waals surface area contributed by atoms with Crippen LogP contribution in [0.4, 0.5) is 5.82 Å². The highest BCUT2D eigenvalue weighted by Crippen LogP contribution is 2.31. The quantitative estimate of drug-likeness (QED) is 0.757. The lowest BCUT2D eigenvalue weighted by molar-refractivity contribution is 1.15.